The van der Waals surface area contributed by atoms with E-state index in [1.54, 1.807) is 34.1 Å². The molecule has 1 aromatic rings. The van der Waals surface area contributed by atoms with Crippen molar-refractivity contribution in [2.45, 2.75) is 24.5 Å². The van der Waals surface area contributed by atoms with Crippen molar-refractivity contribution in [2.75, 3.05) is 30.8 Å². The normalized spacial score (nSPS) is 22.5. The van der Waals surface area contributed by atoms with E-state index in [2.05, 4.69) is 0 Å². The lowest BCUT2D eigenvalue weighted by Gasteiger charge is -2.32. The molecule has 0 saturated carbocycles. The number of amides is 2. The van der Waals surface area contributed by atoms with Crippen molar-refractivity contribution >= 4 is 38.9 Å². The van der Waals surface area contributed by atoms with Crippen LogP contribution in [-0.2, 0) is 19.4 Å². The van der Waals surface area contributed by atoms with Crippen LogP contribution in [0.15, 0.2) is 24.3 Å². The van der Waals surface area contributed by atoms with Crippen molar-refractivity contribution in [3.63, 3.8) is 0 Å². The van der Waals surface area contributed by atoms with Gasteiger partial charge in [-0.2, -0.15) is 0 Å². The van der Waals surface area contributed by atoms with Crippen molar-refractivity contribution < 1.29 is 18.0 Å². The molecule has 0 aromatic heterocycles. The van der Waals surface area contributed by atoms with Gasteiger partial charge in [-0.05, 0) is 37.1 Å². The summed E-state index contributed by atoms with van der Waals surface area (Å²) in [4.78, 5) is 28.3. The Bertz CT molecular complexity index is 770. The summed E-state index contributed by atoms with van der Waals surface area (Å²) in [5, 5.41) is 0.226. The minimum absolute atomic E-state index is 0.0586. The van der Waals surface area contributed by atoms with E-state index < -0.39 is 9.84 Å². The Kier molecular flexibility index (Phi) is 5.06. The van der Waals surface area contributed by atoms with Crippen molar-refractivity contribution in [1.29, 1.82) is 0 Å². The standard InChI is InChI=1S/C17H21ClN2O4S/c1-25(23,24)15-6-8-19(9-7-15)17(22)12-10-16(21)20(11-12)14-4-2-13(18)3-5-14/h2-5,12,15H,6-11H2,1H3. The highest BCUT2D eigenvalue weighted by Gasteiger charge is 2.38. The Balaban J connectivity index is 1.63. The van der Waals surface area contributed by atoms with E-state index in [4.69, 9.17) is 11.6 Å². The van der Waals surface area contributed by atoms with E-state index in [-0.39, 0.29) is 29.4 Å². The van der Waals surface area contributed by atoms with Crippen LogP contribution in [0.5, 0.6) is 0 Å². The highest BCUT2D eigenvalue weighted by Crippen LogP contribution is 2.28. The number of piperidine rings is 1. The molecule has 2 aliphatic heterocycles. The zero-order valence-electron chi connectivity index (χ0n) is 14.0. The Hall–Kier alpha value is -1.60. The third-order valence-electron chi connectivity index (χ3n) is 4.97. The maximum Gasteiger partial charge on any atom is 0.228 e. The summed E-state index contributed by atoms with van der Waals surface area (Å²) < 4.78 is 23.2. The second kappa shape index (κ2) is 6.96. The van der Waals surface area contributed by atoms with Gasteiger partial charge in [-0.25, -0.2) is 8.42 Å². The molecule has 8 heteroatoms. The van der Waals surface area contributed by atoms with E-state index in [9.17, 15) is 18.0 Å². The van der Waals surface area contributed by atoms with Gasteiger partial charge in [0.05, 0.1) is 11.2 Å². The summed E-state index contributed by atoms with van der Waals surface area (Å²) in [6.07, 6.45) is 2.36. The number of sulfone groups is 1. The number of anilines is 1. The van der Waals surface area contributed by atoms with E-state index in [1.807, 2.05) is 0 Å². The van der Waals surface area contributed by atoms with Gasteiger partial charge in [0.1, 0.15) is 9.84 Å². The molecule has 6 nitrogen and oxygen atoms in total. The molecule has 2 amide bonds. The Morgan fingerprint density at radius 2 is 1.76 bits per heavy atom. The molecule has 2 fully saturated rings. The summed E-state index contributed by atoms with van der Waals surface area (Å²) in [6, 6.07) is 6.97. The molecule has 1 aromatic carbocycles. The smallest absolute Gasteiger partial charge is 0.228 e. The molecule has 2 heterocycles. The lowest BCUT2D eigenvalue weighted by Crippen LogP contribution is -2.45. The highest BCUT2D eigenvalue weighted by molar-refractivity contribution is 7.91. The molecule has 0 N–H and O–H groups in total. The first-order valence-electron chi connectivity index (χ1n) is 8.29. The van der Waals surface area contributed by atoms with Gasteiger partial charge in [-0.1, -0.05) is 11.6 Å². The predicted octanol–water partition coefficient (Wildman–Crippen LogP) is 1.73. The Morgan fingerprint density at radius 3 is 2.32 bits per heavy atom. The van der Waals surface area contributed by atoms with E-state index in [1.165, 1.54) is 6.26 Å². The number of benzene rings is 1. The second-order valence-electron chi connectivity index (χ2n) is 6.74. The number of hydrogen-bond donors (Lipinski definition) is 0. The first-order chi connectivity index (χ1) is 11.8. The molecular weight excluding hydrogens is 364 g/mol. The van der Waals surface area contributed by atoms with Crippen molar-refractivity contribution in [2.24, 2.45) is 5.92 Å². The van der Waals surface area contributed by atoms with E-state index >= 15 is 0 Å². The first kappa shape index (κ1) is 18.2. The fraction of sp³-hybridized carbons (Fsp3) is 0.529. The fourth-order valence-electron chi connectivity index (χ4n) is 3.51. The van der Waals surface area contributed by atoms with Gasteiger partial charge in [-0.3, -0.25) is 9.59 Å². The van der Waals surface area contributed by atoms with Gasteiger partial charge < -0.3 is 9.80 Å². The minimum Gasteiger partial charge on any atom is -0.342 e. The number of likely N-dealkylation sites (tertiary alicyclic amines) is 1. The number of carbonyl (C=O) groups excluding carboxylic acids is 2. The largest absolute Gasteiger partial charge is 0.342 e. The second-order valence-corrected chi connectivity index (χ2v) is 9.50. The predicted molar refractivity (Wildman–Crippen MR) is 96.4 cm³/mol. The number of carbonyl (C=O) groups is 2. The van der Waals surface area contributed by atoms with Gasteiger partial charge >= 0.3 is 0 Å². The summed E-state index contributed by atoms with van der Waals surface area (Å²) in [5.41, 5.74) is 0.737. The maximum absolute atomic E-state index is 12.7. The van der Waals surface area contributed by atoms with Gasteiger partial charge in [0.15, 0.2) is 0 Å². The molecule has 3 rings (SSSR count). The van der Waals surface area contributed by atoms with Crippen molar-refractivity contribution in [3.05, 3.63) is 29.3 Å². The lowest BCUT2D eigenvalue weighted by molar-refractivity contribution is -0.136. The summed E-state index contributed by atoms with van der Waals surface area (Å²) in [5.74, 6) is -0.513. The van der Waals surface area contributed by atoms with E-state index in [0.717, 1.165) is 5.69 Å². The van der Waals surface area contributed by atoms with Gasteiger partial charge in [0, 0.05) is 43.0 Å². The molecule has 25 heavy (non-hydrogen) atoms. The summed E-state index contributed by atoms with van der Waals surface area (Å²) >= 11 is 5.87. The average molecular weight is 385 g/mol. The maximum atomic E-state index is 12.7. The quantitative estimate of drug-likeness (QED) is 0.795. The highest BCUT2D eigenvalue weighted by atomic mass is 35.5. The van der Waals surface area contributed by atoms with Crippen LogP contribution in [0, 0.1) is 5.92 Å². The Morgan fingerprint density at radius 1 is 1.16 bits per heavy atom. The Labute approximate surface area is 152 Å². The lowest BCUT2D eigenvalue weighted by atomic mass is 10.0. The van der Waals surface area contributed by atoms with Crippen molar-refractivity contribution in [1.82, 2.24) is 4.90 Å². The number of halogens is 1. The van der Waals surface area contributed by atoms with Crippen LogP contribution in [0.3, 0.4) is 0 Å². The SMILES string of the molecule is CS(=O)(=O)C1CCN(C(=O)C2CC(=O)N(c3ccc(Cl)cc3)C2)CC1. The molecule has 2 aliphatic rings. The molecule has 2 saturated heterocycles. The number of rotatable bonds is 3. The van der Waals surface area contributed by atoms with Crippen LogP contribution >= 0.6 is 11.6 Å². The zero-order valence-corrected chi connectivity index (χ0v) is 15.6. The molecule has 1 unspecified atom stereocenters. The molecule has 136 valence electrons. The van der Waals surface area contributed by atoms with E-state index in [0.29, 0.717) is 37.5 Å². The van der Waals surface area contributed by atoms with Crippen LogP contribution in [0.1, 0.15) is 19.3 Å². The first-order valence-corrected chi connectivity index (χ1v) is 10.6. The van der Waals surface area contributed by atoms with Crippen LogP contribution in [-0.4, -0.2) is 56.3 Å². The third-order valence-corrected chi connectivity index (χ3v) is 6.91. The summed E-state index contributed by atoms with van der Waals surface area (Å²) in [6.45, 7) is 1.22. The van der Waals surface area contributed by atoms with Gasteiger partial charge in [0.25, 0.3) is 0 Å². The van der Waals surface area contributed by atoms with Crippen LogP contribution in [0.4, 0.5) is 5.69 Å². The monoisotopic (exact) mass is 384 g/mol. The minimum atomic E-state index is -3.06. The molecule has 1 atom stereocenters. The van der Waals surface area contributed by atoms with Crippen LogP contribution < -0.4 is 4.90 Å². The molecular formula is C17H21ClN2O4S. The van der Waals surface area contributed by atoms with Gasteiger partial charge in [-0.15, -0.1) is 0 Å². The van der Waals surface area contributed by atoms with Crippen LogP contribution in [0.25, 0.3) is 0 Å². The zero-order chi connectivity index (χ0) is 18.2. The molecule has 0 spiro atoms. The summed E-state index contributed by atoms with van der Waals surface area (Å²) in [7, 11) is -3.06. The topological polar surface area (TPSA) is 74.8 Å². The number of hydrogen-bond acceptors (Lipinski definition) is 4. The number of nitrogens with zero attached hydrogens (tertiary/aromatic N) is 2. The molecule has 0 bridgehead atoms. The van der Waals surface area contributed by atoms with Crippen molar-refractivity contribution in [3.8, 4) is 0 Å². The fourth-order valence-corrected chi connectivity index (χ4v) is 4.70. The third kappa shape index (κ3) is 3.98. The molecule has 0 radical (unpaired) electrons. The molecule has 0 aliphatic carbocycles. The van der Waals surface area contributed by atoms with Gasteiger partial charge in [0.2, 0.25) is 11.8 Å². The average Bonchev–Trinajstić information content (AvgIpc) is 2.96. The van der Waals surface area contributed by atoms with Crippen LogP contribution in [0.2, 0.25) is 5.02 Å².